The third-order valence-electron chi connectivity index (χ3n) is 2.99. The first-order valence-corrected chi connectivity index (χ1v) is 6.34. The van der Waals surface area contributed by atoms with Crippen LogP contribution in [0.5, 0.6) is 0 Å². The van der Waals surface area contributed by atoms with Gasteiger partial charge >= 0.3 is 0 Å². The van der Waals surface area contributed by atoms with E-state index in [9.17, 15) is 8.78 Å². The second kappa shape index (κ2) is 6.13. The van der Waals surface area contributed by atoms with E-state index < -0.39 is 11.6 Å². The van der Waals surface area contributed by atoms with Crippen LogP contribution in [0.15, 0.2) is 42.5 Å². The molecule has 1 atom stereocenters. The van der Waals surface area contributed by atoms with Gasteiger partial charge in [0, 0.05) is 17.1 Å². The first-order chi connectivity index (χ1) is 9.10. The zero-order valence-corrected chi connectivity index (χ0v) is 11.2. The lowest BCUT2D eigenvalue weighted by atomic mass is 9.99. The molecular formula is C15H14ClF2N. The summed E-state index contributed by atoms with van der Waals surface area (Å²) in [7, 11) is 1.80. The number of halogens is 3. The van der Waals surface area contributed by atoms with Crippen molar-refractivity contribution in [2.75, 3.05) is 7.05 Å². The molecule has 0 saturated heterocycles. The molecule has 0 aliphatic rings. The van der Waals surface area contributed by atoms with Gasteiger partial charge in [-0.15, -0.1) is 0 Å². The predicted octanol–water partition coefficient (Wildman–Crippen LogP) is 4.12. The summed E-state index contributed by atoms with van der Waals surface area (Å²) in [6.07, 6.45) is 0.467. The number of benzene rings is 2. The molecule has 0 aliphatic carbocycles. The molecule has 1 N–H and O–H groups in total. The number of hydrogen-bond donors (Lipinski definition) is 1. The predicted molar refractivity (Wildman–Crippen MR) is 73.3 cm³/mol. The Labute approximate surface area is 116 Å². The molecule has 100 valence electrons. The van der Waals surface area contributed by atoms with Crippen molar-refractivity contribution in [2.45, 2.75) is 12.5 Å². The minimum absolute atomic E-state index is 0.0881. The van der Waals surface area contributed by atoms with Gasteiger partial charge in [-0.1, -0.05) is 29.8 Å². The van der Waals surface area contributed by atoms with Gasteiger partial charge in [-0.25, -0.2) is 8.78 Å². The standard InChI is InChI=1S/C15H14ClF2N/c1-19-15(13-4-2-3-5-14(13)16)8-10-6-11(17)9-12(18)7-10/h2-7,9,15,19H,8H2,1H3. The van der Waals surface area contributed by atoms with Crippen molar-refractivity contribution in [3.8, 4) is 0 Å². The van der Waals surface area contributed by atoms with E-state index in [1.165, 1.54) is 12.1 Å². The second-order valence-electron chi connectivity index (χ2n) is 4.34. The molecule has 0 radical (unpaired) electrons. The largest absolute Gasteiger partial charge is 0.313 e. The van der Waals surface area contributed by atoms with Gasteiger partial charge in [0.05, 0.1) is 0 Å². The molecular weight excluding hydrogens is 268 g/mol. The lowest BCUT2D eigenvalue weighted by molar-refractivity contribution is 0.562. The Morgan fingerprint density at radius 1 is 1.11 bits per heavy atom. The molecule has 2 rings (SSSR count). The molecule has 0 spiro atoms. The Bertz CT molecular complexity index is 552. The summed E-state index contributed by atoms with van der Waals surface area (Å²) in [4.78, 5) is 0. The maximum absolute atomic E-state index is 13.2. The third kappa shape index (κ3) is 3.52. The topological polar surface area (TPSA) is 12.0 Å². The fourth-order valence-electron chi connectivity index (χ4n) is 2.09. The van der Waals surface area contributed by atoms with Gasteiger partial charge < -0.3 is 5.32 Å². The summed E-state index contributed by atoms with van der Waals surface area (Å²) in [5.74, 6) is -1.13. The highest BCUT2D eigenvalue weighted by molar-refractivity contribution is 6.31. The number of rotatable bonds is 4. The third-order valence-corrected chi connectivity index (χ3v) is 3.34. The Balaban J connectivity index is 2.26. The molecule has 1 nitrogen and oxygen atoms in total. The fraction of sp³-hybridized carbons (Fsp3) is 0.200. The van der Waals surface area contributed by atoms with E-state index in [1.54, 1.807) is 13.1 Å². The van der Waals surface area contributed by atoms with Crippen molar-refractivity contribution >= 4 is 11.6 Å². The number of likely N-dealkylation sites (N-methyl/N-ethyl adjacent to an activating group) is 1. The van der Waals surface area contributed by atoms with Crippen LogP contribution in [-0.2, 0) is 6.42 Å². The van der Waals surface area contributed by atoms with Gasteiger partial charge in [-0.05, 0) is 42.8 Å². The van der Waals surface area contributed by atoms with Crippen LogP contribution in [0, 0.1) is 11.6 Å². The summed E-state index contributed by atoms with van der Waals surface area (Å²) in [6.45, 7) is 0. The van der Waals surface area contributed by atoms with Crippen LogP contribution < -0.4 is 5.32 Å². The van der Waals surface area contributed by atoms with Crippen molar-refractivity contribution in [2.24, 2.45) is 0 Å². The van der Waals surface area contributed by atoms with Crippen LogP contribution in [0.3, 0.4) is 0 Å². The minimum Gasteiger partial charge on any atom is -0.313 e. The van der Waals surface area contributed by atoms with Gasteiger partial charge in [0.2, 0.25) is 0 Å². The molecule has 0 heterocycles. The Morgan fingerprint density at radius 3 is 2.32 bits per heavy atom. The molecule has 0 aromatic heterocycles. The van der Waals surface area contributed by atoms with E-state index in [0.29, 0.717) is 17.0 Å². The zero-order chi connectivity index (χ0) is 13.8. The van der Waals surface area contributed by atoms with Crippen LogP contribution in [0.1, 0.15) is 17.2 Å². The van der Waals surface area contributed by atoms with Crippen molar-refractivity contribution < 1.29 is 8.78 Å². The van der Waals surface area contributed by atoms with E-state index in [0.717, 1.165) is 11.6 Å². The van der Waals surface area contributed by atoms with Gasteiger partial charge in [0.25, 0.3) is 0 Å². The van der Waals surface area contributed by atoms with E-state index in [2.05, 4.69) is 5.32 Å². The second-order valence-corrected chi connectivity index (χ2v) is 4.75. The lowest BCUT2D eigenvalue weighted by Crippen LogP contribution is -2.19. The zero-order valence-electron chi connectivity index (χ0n) is 10.5. The Hall–Kier alpha value is -1.45. The first kappa shape index (κ1) is 14.0. The quantitative estimate of drug-likeness (QED) is 0.889. The van der Waals surface area contributed by atoms with E-state index in [-0.39, 0.29) is 6.04 Å². The molecule has 19 heavy (non-hydrogen) atoms. The molecule has 0 amide bonds. The van der Waals surface area contributed by atoms with Crippen LogP contribution in [0.2, 0.25) is 5.02 Å². The highest BCUT2D eigenvalue weighted by Crippen LogP contribution is 2.25. The molecule has 2 aromatic rings. The SMILES string of the molecule is CNC(Cc1cc(F)cc(F)c1)c1ccccc1Cl. The van der Waals surface area contributed by atoms with Gasteiger partial charge in [-0.3, -0.25) is 0 Å². The van der Waals surface area contributed by atoms with Crippen molar-refractivity contribution in [1.82, 2.24) is 5.32 Å². The van der Waals surface area contributed by atoms with Crippen LogP contribution in [0.25, 0.3) is 0 Å². The van der Waals surface area contributed by atoms with Crippen molar-refractivity contribution in [3.63, 3.8) is 0 Å². The fourth-order valence-corrected chi connectivity index (χ4v) is 2.36. The monoisotopic (exact) mass is 281 g/mol. The highest BCUT2D eigenvalue weighted by Gasteiger charge is 2.14. The van der Waals surface area contributed by atoms with E-state index >= 15 is 0 Å². The average Bonchev–Trinajstić information content (AvgIpc) is 2.36. The van der Waals surface area contributed by atoms with E-state index in [4.69, 9.17) is 11.6 Å². The maximum Gasteiger partial charge on any atom is 0.126 e. The number of nitrogens with one attached hydrogen (secondary N) is 1. The summed E-state index contributed by atoms with van der Waals surface area (Å²) in [5.41, 5.74) is 1.51. The Kier molecular flexibility index (Phi) is 4.51. The normalized spacial score (nSPS) is 12.4. The minimum atomic E-state index is -0.566. The van der Waals surface area contributed by atoms with Crippen LogP contribution in [-0.4, -0.2) is 7.05 Å². The Morgan fingerprint density at radius 2 is 1.74 bits per heavy atom. The molecule has 0 bridgehead atoms. The average molecular weight is 282 g/mol. The molecule has 0 fully saturated rings. The van der Waals surface area contributed by atoms with Crippen LogP contribution >= 0.6 is 11.6 Å². The number of hydrogen-bond acceptors (Lipinski definition) is 1. The smallest absolute Gasteiger partial charge is 0.126 e. The summed E-state index contributed by atoms with van der Waals surface area (Å²) < 4.78 is 26.4. The molecule has 0 aliphatic heterocycles. The molecule has 4 heteroatoms. The molecule has 0 saturated carbocycles. The summed E-state index contributed by atoms with van der Waals surface area (Å²) in [6, 6.07) is 10.9. The summed E-state index contributed by atoms with van der Waals surface area (Å²) >= 11 is 6.14. The molecule has 1 unspecified atom stereocenters. The summed E-state index contributed by atoms with van der Waals surface area (Å²) in [5, 5.41) is 3.75. The lowest BCUT2D eigenvalue weighted by Gasteiger charge is -2.18. The van der Waals surface area contributed by atoms with E-state index in [1.807, 2.05) is 18.2 Å². The maximum atomic E-state index is 13.2. The van der Waals surface area contributed by atoms with Gasteiger partial charge in [0.15, 0.2) is 0 Å². The van der Waals surface area contributed by atoms with Crippen LogP contribution in [0.4, 0.5) is 8.78 Å². The van der Waals surface area contributed by atoms with Crippen molar-refractivity contribution in [1.29, 1.82) is 0 Å². The van der Waals surface area contributed by atoms with Gasteiger partial charge in [-0.2, -0.15) is 0 Å². The van der Waals surface area contributed by atoms with Crippen molar-refractivity contribution in [3.05, 3.63) is 70.2 Å². The first-order valence-electron chi connectivity index (χ1n) is 5.97. The highest BCUT2D eigenvalue weighted by atomic mass is 35.5. The molecule has 2 aromatic carbocycles. The van der Waals surface area contributed by atoms with Gasteiger partial charge in [0.1, 0.15) is 11.6 Å².